The normalized spacial score (nSPS) is 11.9. The number of nitrogens with zero attached hydrogens (tertiary/aromatic N) is 3. The molecule has 7 heteroatoms. The summed E-state index contributed by atoms with van der Waals surface area (Å²) in [5, 5.41) is 21.1. The van der Waals surface area contributed by atoms with Gasteiger partial charge < -0.3 is 9.47 Å². The van der Waals surface area contributed by atoms with Gasteiger partial charge in [-0.15, -0.1) is 0 Å². The van der Waals surface area contributed by atoms with Gasteiger partial charge in [-0.2, -0.15) is 15.6 Å². The molecule has 0 amide bonds. The quantitative estimate of drug-likeness (QED) is 0.649. The lowest BCUT2D eigenvalue weighted by Crippen LogP contribution is -2.15. The highest BCUT2D eigenvalue weighted by Crippen LogP contribution is 2.37. The summed E-state index contributed by atoms with van der Waals surface area (Å²) >= 11 is 6.00. The number of anilines is 1. The van der Waals surface area contributed by atoms with Gasteiger partial charge in [0.2, 0.25) is 5.71 Å². The topological polar surface area (TPSA) is 90.4 Å². The Balaban J connectivity index is 2.27. The van der Waals surface area contributed by atoms with Crippen molar-refractivity contribution < 1.29 is 9.47 Å². The van der Waals surface area contributed by atoms with E-state index in [2.05, 4.69) is 10.5 Å². The van der Waals surface area contributed by atoms with Gasteiger partial charge in [0.05, 0.1) is 10.7 Å². The zero-order valence-corrected chi connectivity index (χ0v) is 9.86. The third-order valence-corrected chi connectivity index (χ3v) is 2.44. The van der Waals surface area contributed by atoms with Crippen LogP contribution in [0, 0.1) is 22.7 Å². The van der Waals surface area contributed by atoms with Gasteiger partial charge in [-0.05, 0) is 0 Å². The van der Waals surface area contributed by atoms with Gasteiger partial charge >= 0.3 is 0 Å². The number of nitrogens with one attached hydrogen (secondary N) is 1. The first kappa shape index (κ1) is 12.0. The van der Waals surface area contributed by atoms with Crippen molar-refractivity contribution in [2.75, 3.05) is 18.6 Å². The Hall–Kier alpha value is -2.44. The molecule has 0 saturated carbocycles. The number of hydrazone groups is 1. The molecule has 0 unspecified atom stereocenters. The van der Waals surface area contributed by atoms with Crippen molar-refractivity contribution in [3.05, 3.63) is 17.2 Å². The van der Waals surface area contributed by atoms with Gasteiger partial charge in [0.15, 0.2) is 11.5 Å². The van der Waals surface area contributed by atoms with Crippen LogP contribution in [0.5, 0.6) is 11.5 Å². The molecule has 1 aromatic rings. The van der Waals surface area contributed by atoms with Crippen molar-refractivity contribution >= 4 is 23.0 Å². The third-order valence-electron chi connectivity index (χ3n) is 2.13. The van der Waals surface area contributed by atoms with Gasteiger partial charge in [-0.25, -0.2) is 0 Å². The maximum Gasteiger partial charge on any atom is 0.237 e. The first-order valence-electron chi connectivity index (χ1n) is 4.97. The van der Waals surface area contributed by atoms with E-state index in [9.17, 15) is 0 Å². The number of ether oxygens (including phenoxy) is 2. The Morgan fingerprint density at radius 1 is 1.22 bits per heavy atom. The molecule has 6 nitrogen and oxygen atoms in total. The molecule has 1 aliphatic heterocycles. The molecule has 0 aliphatic carbocycles. The predicted molar refractivity (Wildman–Crippen MR) is 64.7 cm³/mol. The maximum absolute atomic E-state index is 8.54. The lowest BCUT2D eigenvalue weighted by Gasteiger charge is -2.19. The first-order valence-corrected chi connectivity index (χ1v) is 5.35. The summed E-state index contributed by atoms with van der Waals surface area (Å²) in [6.45, 7) is 0.931. The summed E-state index contributed by atoms with van der Waals surface area (Å²) < 4.78 is 10.7. The van der Waals surface area contributed by atoms with Crippen molar-refractivity contribution in [2.24, 2.45) is 5.10 Å². The van der Waals surface area contributed by atoms with Crippen LogP contribution in [-0.2, 0) is 0 Å². The molecule has 90 valence electrons. The number of rotatable bonds is 2. The number of hydrogen-bond acceptors (Lipinski definition) is 6. The highest BCUT2D eigenvalue weighted by atomic mass is 35.5. The van der Waals surface area contributed by atoms with E-state index in [1.807, 2.05) is 0 Å². The largest absolute Gasteiger partial charge is 0.486 e. The molecule has 0 bridgehead atoms. The molecule has 0 aromatic heterocycles. The zero-order valence-electron chi connectivity index (χ0n) is 9.11. The molecule has 1 aliphatic rings. The fourth-order valence-electron chi connectivity index (χ4n) is 1.34. The molecule has 0 fully saturated rings. The Kier molecular flexibility index (Phi) is 3.52. The molecular formula is C11H7ClN4O2. The standard InChI is InChI=1S/C11H7ClN4O2/c12-8-3-10-11(18-2-1-17-10)4-9(8)16-15-7(5-13)6-14/h3-4,16H,1-2H2. The fraction of sp³-hybridized carbons (Fsp3) is 0.182. The summed E-state index contributed by atoms with van der Waals surface area (Å²) in [5.41, 5.74) is 2.68. The highest BCUT2D eigenvalue weighted by molar-refractivity contribution is 6.33. The van der Waals surface area contributed by atoms with E-state index in [0.29, 0.717) is 35.4 Å². The fourth-order valence-corrected chi connectivity index (χ4v) is 1.54. The second-order valence-corrected chi connectivity index (χ2v) is 3.68. The molecule has 0 atom stereocenters. The van der Waals surface area contributed by atoms with E-state index in [0.717, 1.165) is 0 Å². The van der Waals surface area contributed by atoms with E-state index in [4.69, 9.17) is 31.6 Å². The SMILES string of the molecule is N#CC(C#N)=NNc1cc2c(cc1Cl)OCCO2. The predicted octanol–water partition coefficient (Wildman–Crippen LogP) is 1.93. The van der Waals surface area contributed by atoms with Gasteiger partial charge in [0.1, 0.15) is 25.4 Å². The molecule has 2 rings (SSSR count). The van der Waals surface area contributed by atoms with Gasteiger partial charge in [0, 0.05) is 12.1 Å². The summed E-state index contributed by atoms with van der Waals surface area (Å²) in [4.78, 5) is 0. The van der Waals surface area contributed by atoms with Crippen molar-refractivity contribution in [1.82, 2.24) is 0 Å². The van der Waals surface area contributed by atoms with Crippen LogP contribution in [-0.4, -0.2) is 18.9 Å². The minimum atomic E-state index is -0.291. The highest BCUT2D eigenvalue weighted by Gasteiger charge is 2.14. The molecule has 1 heterocycles. The first-order chi connectivity index (χ1) is 8.74. The van der Waals surface area contributed by atoms with E-state index in [-0.39, 0.29) is 5.71 Å². The lowest BCUT2D eigenvalue weighted by atomic mass is 10.2. The molecule has 0 spiro atoms. The number of hydrogen-bond donors (Lipinski definition) is 1. The van der Waals surface area contributed by atoms with Crippen LogP contribution in [0.25, 0.3) is 0 Å². The van der Waals surface area contributed by atoms with Crippen LogP contribution >= 0.6 is 11.6 Å². The Morgan fingerprint density at radius 3 is 2.44 bits per heavy atom. The van der Waals surface area contributed by atoms with Crippen LogP contribution in [0.15, 0.2) is 17.2 Å². The average Bonchev–Trinajstić information content (AvgIpc) is 2.40. The van der Waals surface area contributed by atoms with E-state index >= 15 is 0 Å². The maximum atomic E-state index is 8.54. The Morgan fingerprint density at radius 2 is 1.83 bits per heavy atom. The minimum Gasteiger partial charge on any atom is -0.486 e. The van der Waals surface area contributed by atoms with Crippen molar-refractivity contribution in [3.63, 3.8) is 0 Å². The number of fused-ring (bicyclic) bond motifs is 1. The molecule has 18 heavy (non-hydrogen) atoms. The molecule has 0 radical (unpaired) electrons. The Labute approximate surface area is 108 Å². The van der Waals surface area contributed by atoms with E-state index in [1.54, 1.807) is 24.3 Å². The van der Waals surface area contributed by atoms with Crippen LogP contribution in [0.1, 0.15) is 0 Å². The van der Waals surface area contributed by atoms with Crippen molar-refractivity contribution in [3.8, 4) is 23.6 Å². The summed E-state index contributed by atoms with van der Waals surface area (Å²) in [5.74, 6) is 1.10. The lowest BCUT2D eigenvalue weighted by molar-refractivity contribution is 0.171. The molecule has 1 aromatic carbocycles. The van der Waals surface area contributed by atoms with E-state index < -0.39 is 0 Å². The van der Waals surface area contributed by atoms with Crippen LogP contribution in [0.2, 0.25) is 5.02 Å². The van der Waals surface area contributed by atoms with Crippen LogP contribution < -0.4 is 14.9 Å². The number of nitriles is 2. The smallest absolute Gasteiger partial charge is 0.237 e. The summed E-state index contributed by atoms with van der Waals surface area (Å²) in [7, 11) is 0. The second kappa shape index (κ2) is 5.26. The zero-order chi connectivity index (χ0) is 13.0. The molecule has 1 N–H and O–H groups in total. The minimum absolute atomic E-state index is 0.291. The van der Waals surface area contributed by atoms with Crippen LogP contribution in [0.3, 0.4) is 0 Å². The monoisotopic (exact) mass is 262 g/mol. The number of benzene rings is 1. The third kappa shape index (κ3) is 2.45. The van der Waals surface area contributed by atoms with Gasteiger partial charge in [-0.1, -0.05) is 11.6 Å². The Bertz CT molecular complexity index is 570. The second-order valence-electron chi connectivity index (χ2n) is 3.27. The van der Waals surface area contributed by atoms with Gasteiger partial charge in [-0.3, -0.25) is 5.43 Å². The average molecular weight is 263 g/mol. The van der Waals surface area contributed by atoms with Crippen LogP contribution in [0.4, 0.5) is 5.69 Å². The molecule has 0 saturated heterocycles. The van der Waals surface area contributed by atoms with Gasteiger partial charge in [0.25, 0.3) is 0 Å². The summed E-state index contributed by atoms with van der Waals surface area (Å²) in [6, 6.07) is 6.46. The van der Waals surface area contributed by atoms with Crippen molar-refractivity contribution in [2.45, 2.75) is 0 Å². The number of halogens is 1. The van der Waals surface area contributed by atoms with Crippen molar-refractivity contribution in [1.29, 1.82) is 10.5 Å². The molecular weight excluding hydrogens is 256 g/mol. The van der Waals surface area contributed by atoms with E-state index in [1.165, 1.54) is 0 Å². The summed E-state index contributed by atoms with van der Waals surface area (Å²) in [6.07, 6.45) is 0.